The van der Waals surface area contributed by atoms with E-state index in [1.54, 1.807) is 0 Å². The highest BCUT2D eigenvalue weighted by atomic mass is 35.5. The van der Waals surface area contributed by atoms with Crippen LogP contribution in [0.4, 0.5) is 0 Å². The molecule has 0 aliphatic carbocycles. The van der Waals surface area contributed by atoms with E-state index in [0.29, 0.717) is 5.01 Å². The van der Waals surface area contributed by atoms with Crippen LogP contribution in [-0.2, 0) is 0 Å². The number of nitro groups is 1. The van der Waals surface area contributed by atoms with Gasteiger partial charge in [-0.2, -0.15) is 5.10 Å². The maximum absolute atomic E-state index is 9.93. The molecular weight excluding hydrogens is 148 g/mol. The first kappa shape index (κ1) is 6.09. The van der Waals surface area contributed by atoms with Crippen molar-refractivity contribution in [2.24, 2.45) is 5.10 Å². The Hall–Kier alpha value is -1.04. The number of nitrogens with one attached hydrogen (secondary N) is 1. The molecule has 0 aromatic carbocycles. The van der Waals surface area contributed by atoms with Gasteiger partial charge in [-0.1, -0.05) is 11.6 Å². The fourth-order valence-corrected chi connectivity index (χ4v) is 0.575. The number of hydrazine groups is 1. The topological polar surface area (TPSA) is 70.8 Å². The van der Waals surface area contributed by atoms with Crippen LogP contribution in [0.1, 0.15) is 0 Å². The molecule has 0 saturated carbocycles. The van der Waals surface area contributed by atoms with E-state index in [2.05, 4.69) is 10.5 Å². The van der Waals surface area contributed by atoms with Gasteiger partial charge in [0.2, 0.25) is 0 Å². The quantitative estimate of drug-likeness (QED) is 0.238. The van der Waals surface area contributed by atoms with Crippen molar-refractivity contribution in [2.75, 3.05) is 0 Å². The zero-order valence-electron chi connectivity index (χ0n) is 4.19. The van der Waals surface area contributed by atoms with Crippen LogP contribution >= 0.6 is 11.6 Å². The predicted molar refractivity (Wildman–Crippen MR) is 30.1 cm³/mol. The number of halogens is 1. The summed E-state index contributed by atoms with van der Waals surface area (Å²) >= 11 is 5.32. The smallest absolute Gasteiger partial charge is 0.255 e. The van der Waals surface area contributed by atoms with Crippen molar-refractivity contribution in [1.82, 2.24) is 10.4 Å². The largest absolute Gasteiger partial charge is 0.267 e. The van der Waals surface area contributed by atoms with E-state index in [-0.39, 0.29) is 0 Å². The maximum Gasteiger partial charge on any atom is 0.255 e. The minimum Gasteiger partial charge on any atom is -0.267 e. The maximum atomic E-state index is 9.93. The number of hydrogen-bond acceptors (Lipinski definition) is 4. The summed E-state index contributed by atoms with van der Waals surface area (Å²) in [5.74, 6) is 0. The highest BCUT2D eigenvalue weighted by Crippen LogP contribution is 2.02. The van der Waals surface area contributed by atoms with Gasteiger partial charge in [-0.25, -0.2) is 10.1 Å². The monoisotopic (exact) mass is 150 g/mol. The van der Waals surface area contributed by atoms with Crippen LogP contribution in [0, 0.1) is 10.1 Å². The molecule has 1 aliphatic heterocycles. The zero-order chi connectivity index (χ0) is 6.85. The molecule has 1 N–H and O–H groups in total. The van der Waals surface area contributed by atoms with Crippen LogP contribution in [0.2, 0.25) is 0 Å². The van der Waals surface area contributed by atoms with Gasteiger partial charge in [0.15, 0.2) is 11.4 Å². The molecule has 0 radical (unpaired) electrons. The highest BCUT2D eigenvalue weighted by Gasteiger charge is 2.26. The number of hydrogen-bond donors (Lipinski definition) is 1. The van der Waals surface area contributed by atoms with E-state index in [4.69, 9.17) is 11.6 Å². The van der Waals surface area contributed by atoms with Gasteiger partial charge in [-0.3, -0.25) is 5.43 Å². The second-order valence-corrected chi connectivity index (χ2v) is 1.74. The average molecular weight is 151 g/mol. The van der Waals surface area contributed by atoms with Crippen LogP contribution in [0.5, 0.6) is 0 Å². The first-order chi connectivity index (χ1) is 4.22. The minimum atomic E-state index is -0.861. The molecule has 1 unspecified atom stereocenters. The molecule has 6 nitrogen and oxygen atoms in total. The summed E-state index contributed by atoms with van der Waals surface area (Å²) in [5.41, 5.74) is 1.41. The fourth-order valence-electron chi connectivity index (χ4n) is 0.397. The average Bonchev–Trinajstić information content (AvgIpc) is 2.13. The molecule has 0 fully saturated rings. The normalized spacial score (nSPS) is 24.1. The molecule has 0 aromatic heterocycles. The standard InChI is InChI=1S/C2H3ClN4O2/c3-2-5-4-1-6(2)7(8)9/h1-2,5H. The molecule has 1 heterocycles. The Bertz CT molecular complexity index is 159. The Labute approximate surface area is 55.2 Å². The van der Waals surface area contributed by atoms with Gasteiger partial charge in [0.1, 0.15) is 0 Å². The van der Waals surface area contributed by atoms with Crippen molar-refractivity contribution in [3.8, 4) is 0 Å². The van der Waals surface area contributed by atoms with Crippen molar-refractivity contribution < 1.29 is 5.03 Å². The summed E-state index contributed by atoms with van der Waals surface area (Å²) in [6.07, 6.45) is 1.01. The Morgan fingerprint density at radius 1 is 2.00 bits per heavy atom. The van der Waals surface area contributed by atoms with Crippen LogP contribution in [0.15, 0.2) is 5.10 Å². The van der Waals surface area contributed by atoms with E-state index < -0.39 is 10.7 Å². The number of hydrazone groups is 1. The molecule has 1 rings (SSSR count). The summed E-state index contributed by atoms with van der Waals surface area (Å²) < 4.78 is 0. The first-order valence-corrected chi connectivity index (χ1v) is 2.51. The summed E-state index contributed by atoms with van der Waals surface area (Å²) in [6.45, 7) is 0. The Morgan fingerprint density at radius 2 is 2.67 bits per heavy atom. The van der Waals surface area contributed by atoms with Gasteiger partial charge >= 0.3 is 0 Å². The van der Waals surface area contributed by atoms with Crippen molar-refractivity contribution in [3.05, 3.63) is 10.1 Å². The van der Waals surface area contributed by atoms with Gasteiger partial charge in [0, 0.05) is 0 Å². The van der Waals surface area contributed by atoms with Crippen molar-refractivity contribution in [2.45, 2.75) is 5.62 Å². The molecule has 0 spiro atoms. The Kier molecular flexibility index (Phi) is 1.39. The van der Waals surface area contributed by atoms with E-state index in [0.717, 1.165) is 6.34 Å². The summed E-state index contributed by atoms with van der Waals surface area (Å²) in [6, 6.07) is 0. The molecule has 1 aliphatic rings. The molecule has 50 valence electrons. The fraction of sp³-hybridized carbons (Fsp3) is 0.500. The number of rotatable bonds is 1. The first-order valence-electron chi connectivity index (χ1n) is 2.07. The molecule has 0 saturated heterocycles. The van der Waals surface area contributed by atoms with E-state index in [1.165, 1.54) is 0 Å². The number of alkyl halides is 1. The molecule has 0 amide bonds. The Balaban J connectivity index is 2.59. The van der Waals surface area contributed by atoms with Crippen LogP contribution in [-0.4, -0.2) is 22.0 Å². The third kappa shape index (κ3) is 1.02. The van der Waals surface area contributed by atoms with Gasteiger partial charge in [0.25, 0.3) is 5.62 Å². The molecule has 7 heteroatoms. The van der Waals surface area contributed by atoms with Gasteiger partial charge < -0.3 is 0 Å². The zero-order valence-corrected chi connectivity index (χ0v) is 4.95. The van der Waals surface area contributed by atoms with Crippen molar-refractivity contribution >= 4 is 17.9 Å². The van der Waals surface area contributed by atoms with E-state index in [9.17, 15) is 10.1 Å². The number of nitrogens with zero attached hydrogens (tertiary/aromatic N) is 3. The van der Waals surface area contributed by atoms with Gasteiger partial charge in [-0.15, -0.1) is 0 Å². The van der Waals surface area contributed by atoms with Crippen molar-refractivity contribution in [3.63, 3.8) is 0 Å². The van der Waals surface area contributed by atoms with E-state index >= 15 is 0 Å². The van der Waals surface area contributed by atoms with Crippen molar-refractivity contribution in [1.29, 1.82) is 0 Å². The third-order valence-electron chi connectivity index (χ3n) is 0.778. The summed E-state index contributed by atoms with van der Waals surface area (Å²) in [5, 5.41) is 13.3. The van der Waals surface area contributed by atoms with Gasteiger partial charge in [-0.05, 0) is 5.01 Å². The van der Waals surface area contributed by atoms with Crippen LogP contribution < -0.4 is 5.43 Å². The molecule has 9 heavy (non-hydrogen) atoms. The summed E-state index contributed by atoms with van der Waals surface area (Å²) in [7, 11) is 0. The lowest BCUT2D eigenvalue weighted by Crippen LogP contribution is -2.36. The van der Waals surface area contributed by atoms with E-state index in [1.807, 2.05) is 0 Å². The molecule has 0 bridgehead atoms. The third-order valence-corrected chi connectivity index (χ3v) is 1.08. The van der Waals surface area contributed by atoms with Gasteiger partial charge in [0.05, 0.1) is 0 Å². The van der Waals surface area contributed by atoms with Crippen LogP contribution in [0.25, 0.3) is 0 Å². The minimum absolute atomic E-state index is 0.652. The van der Waals surface area contributed by atoms with Crippen LogP contribution in [0.3, 0.4) is 0 Å². The SMILES string of the molecule is O=[N+]([O-])N1C=NNC1Cl. The highest BCUT2D eigenvalue weighted by molar-refractivity contribution is 6.20. The molecule has 0 aromatic rings. The lowest BCUT2D eigenvalue weighted by Gasteiger charge is -2.05. The lowest BCUT2D eigenvalue weighted by molar-refractivity contribution is -0.630. The lowest BCUT2D eigenvalue weighted by atomic mass is 11.0. The predicted octanol–water partition coefficient (Wildman–Crippen LogP) is -0.451. The molecule has 1 atom stereocenters. The Morgan fingerprint density at radius 3 is 2.89 bits per heavy atom. The second kappa shape index (κ2) is 2.06. The molecular formula is C2H3ClN4O2. The summed E-state index contributed by atoms with van der Waals surface area (Å²) in [4.78, 5) is 9.93. The second-order valence-electron chi connectivity index (χ2n) is 1.33.